The van der Waals surface area contributed by atoms with Crippen LogP contribution in [0.4, 0.5) is 18.9 Å². The molecule has 1 saturated heterocycles. The van der Waals surface area contributed by atoms with E-state index in [1.54, 1.807) is 12.1 Å². The molecule has 0 unspecified atom stereocenters. The smallest absolute Gasteiger partial charge is 0.369 e. The minimum Gasteiger partial charge on any atom is -0.369 e. The number of pyridine rings is 1. The van der Waals surface area contributed by atoms with E-state index >= 15 is 0 Å². The number of hydrogen-bond acceptors (Lipinski definition) is 5. The number of benzene rings is 1. The number of sulfonamides is 1. The van der Waals surface area contributed by atoms with Crippen LogP contribution in [0.1, 0.15) is 25.3 Å². The summed E-state index contributed by atoms with van der Waals surface area (Å²) in [5, 5.41) is 8.85. The lowest BCUT2D eigenvalue weighted by molar-refractivity contribution is -0.136. The highest BCUT2D eigenvalue weighted by Crippen LogP contribution is 2.38. The molecule has 160 valence electrons. The van der Waals surface area contributed by atoms with Gasteiger partial charge < -0.3 is 10.2 Å². The molecule has 2 heterocycles. The van der Waals surface area contributed by atoms with Gasteiger partial charge in [-0.1, -0.05) is 6.92 Å². The number of anilines is 1. The first-order chi connectivity index (χ1) is 13.5. The van der Waals surface area contributed by atoms with Crippen molar-refractivity contribution in [2.24, 2.45) is 11.1 Å². The van der Waals surface area contributed by atoms with E-state index in [9.17, 15) is 21.6 Å². The standard InChI is InChI=1S/C19H25F3N4O2S/c1-13-10-14(24-8-3-9-29(23,27)28)12-26(11-13)17-6-5-16(19(20,21)22)18-15(17)4-2-7-25-18/h2,4-7,13-14,24H,3,8-12H2,1H3,(H2,23,27,28)/t13-,14+/m0/s1. The summed E-state index contributed by atoms with van der Waals surface area (Å²) in [7, 11) is -3.48. The summed E-state index contributed by atoms with van der Waals surface area (Å²) in [5.74, 6) is 0.245. The Balaban J connectivity index is 1.80. The van der Waals surface area contributed by atoms with Crippen molar-refractivity contribution in [3.8, 4) is 0 Å². The predicted molar refractivity (Wildman–Crippen MR) is 107 cm³/mol. The van der Waals surface area contributed by atoms with Crippen molar-refractivity contribution >= 4 is 26.6 Å². The normalized spacial score (nSPS) is 20.9. The van der Waals surface area contributed by atoms with Crippen LogP contribution in [0, 0.1) is 5.92 Å². The molecule has 3 rings (SSSR count). The van der Waals surface area contributed by atoms with E-state index in [0.29, 0.717) is 30.8 Å². The van der Waals surface area contributed by atoms with Crippen molar-refractivity contribution in [3.63, 3.8) is 0 Å². The Hall–Kier alpha value is -1.91. The highest BCUT2D eigenvalue weighted by molar-refractivity contribution is 7.89. The van der Waals surface area contributed by atoms with Crippen molar-refractivity contribution < 1.29 is 21.6 Å². The van der Waals surface area contributed by atoms with E-state index in [-0.39, 0.29) is 17.3 Å². The minimum atomic E-state index is -4.46. The molecule has 0 spiro atoms. The second kappa shape index (κ2) is 8.45. The second-order valence-corrected chi connectivity index (χ2v) is 9.38. The van der Waals surface area contributed by atoms with Gasteiger partial charge in [0.1, 0.15) is 0 Å². The molecule has 2 aromatic rings. The van der Waals surface area contributed by atoms with Gasteiger partial charge in [0.25, 0.3) is 0 Å². The van der Waals surface area contributed by atoms with E-state index in [0.717, 1.165) is 24.7 Å². The molecule has 0 amide bonds. The van der Waals surface area contributed by atoms with Gasteiger partial charge in [0, 0.05) is 36.4 Å². The fourth-order valence-electron chi connectivity index (χ4n) is 3.94. The van der Waals surface area contributed by atoms with E-state index < -0.39 is 21.8 Å². The molecule has 10 heteroatoms. The molecular weight excluding hydrogens is 405 g/mol. The lowest BCUT2D eigenvalue weighted by Gasteiger charge is -2.39. The van der Waals surface area contributed by atoms with Gasteiger partial charge in [-0.15, -0.1) is 0 Å². The van der Waals surface area contributed by atoms with Crippen LogP contribution >= 0.6 is 0 Å². The summed E-state index contributed by atoms with van der Waals surface area (Å²) in [6.45, 7) is 3.95. The minimum absolute atomic E-state index is 0.0478. The summed E-state index contributed by atoms with van der Waals surface area (Å²) < 4.78 is 62.2. The maximum absolute atomic E-state index is 13.4. The summed E-state index contributed by atoms with van der Waals surface area (Å²) >= 11 is 0. The molecule has 0 bridgehead atoms. The molecular formula is C19H25F3N4O2S. The average molecular weight is 430 g/mol. The maximum atomic E-state index is 13.4. The second-order valence-electron chi connectivity index (χ2n) is 7.65. The molecule has 29 heavy (non-hydrogen) atoms. The Bertz CT molecular complexity index is 966. The quantitative estimate of drug-likeness (QED) is 0.688. The molecule has 0 radical (unpaired) electrons. The third kappa shape index (κ3) is 5.58. The molecule has 6 nitrogen and oxygen atoms in total. The summed E-state index contributed by atoms with van der Waals surface area (Å²) in [5.41, 5.74) is -0.0584. The summed E-state index contributed by atoms with van der Waals surface area (Å²) in [6.07, 6.45) is -1.77. The van der Waals surface area contributed by atoms with Crippen molar-refractivity contribution in [2.45, 2.75) is 32.0 Å². The predicted octanol–water partition coefficient (Wildman–Crippen LogP) is 2.74. The van der Waals surface area contributed by atoms with Gasteiger partial charge in [-0.3, -0.25) is 4.98 Å². The number of alkyl halides is 3. The SMILES string of the molecule is C[C@H]1C[C@@H](NCCCS(N)(=O)=O)CN(c2ccc(C(F)(F)F)c3ncccc23)C1. The zero-order chi connectivity index (χ0) is 21.2. The number of nitrogens with zero attached hydrogens (tertiary/aromatic N) is 2. The lowest BCUT2D eigenvalue weighted by Crippen LogP contribution is -2.49. The van der Waals surface area contributed by atoms with Gasteiger partial charge in [-0.05, 0) is 49.6 Å². The highest BCUT2D eigenvalue weighted by Gasteiger charge is 2.34. The Morgan fingerprint density at radius 1 is 1.28 bits per heavy atom. The Labute approximate surface area is 168 Å². The van der Waals surface area contributed by atoms with E-state index in [1.807, 2.05) is 0 Å². The van der Waals surface area contributed by atoms with Crippen LogP contribution < -0.4 is 15.4 Å². The van der Waals surface area contributed by atoms with E-state index in [1.165, 1.54) is 12.3 Å². The third-order valence-corrected chi connectivity index (χ3v) is 5.95. The van der Waals surface area contributed by atoms with Crippen LogP contribution in [-0.2, 0) is 16.2 Å². The first-order valence-corrected chi connectivity index (χ1v) is 11.2. The first kappa shape index (κ1) is 21.8. The molecule has 0 aliphatic carbocycles. The number of aromatic nitrogens is 1. The number of nitrogens with one attached hydrogen (secondary N) is 1. The number of rotatable bonds is 6. The topological polar surface area (TPSA) is 88.3 Å². The lowest BCUT2D eigenvalue weighted by atomic mass is 9.94. The Morgan fingerprint density at radius 3 is 2.72 bits per heavy atom. The average Bonchev–Trinajstić information content (AvgIpc) is 2.62. The number of halogens is 3. The number of fused-ring (bicyclic) bond motifs is 1. The van der Waals surface area contributed by atoms with Crippen molar-refractivity contribution in [2.75, 3.05) is 30.3 Å². The van der Waals surface area contributed by atoms with Crippen LogP contribution in [0.15, 0.2) is 30.5 Å². The summed E-state index contributed by atoms with van der Waals surface area (Å²) in [6, 6.07) is 6.03. The number of piperidine rings is 1. The van der Waals surface area contributed by atoms with Gasteiger partial charge in [0.2, 0.25) is 10.0 Å². The monoisotopic (exact) mass is 430 g/mol. The van der Waals surface area contributed by atoms with Crippen LogP contribution in [0.3, 0.4) is 0 Å². The molecule has 1 aliphatic heterocycles. The number of nitrogens with two attached hydrogens (primary N) is 1. The van der Waals surface area contributed by atoms with Gasteiger partial charge in [0.05, 0.1) is 16.8 Å². The molecule has 1 aromatic heterocycles. The highest BCUT2D eigenvalue weighted by atomic mass is 32.2. The molecule has 1 aliphatic rings. The van der Waals surface area contributed by atoms with E-state index in [4.69, 9.17) is 5.14 Å². The molecule has 2 atom stereocenters. The van der Waals surface area contributed by atoms with Gasteiger partial charge in [0.15, 0.2) is 0 Å². The van der Waals surface area contributed by atoms with Gasteiger partial charge in [-0.25, -0.2) is 13.6 Å². The van der Waals surface area contributed by atoms with Crippen LogP contribution in [0.2, 0.25) is 0 Å². The van der Waals surface area contributed by atoms with Crippen LogP contribution in [0.25, 0.3) is 10.9 Å². The van der Waals surface area contributed by atoms with E-state index in [2.05, 4.69) is 22.1 Å². The zero-order valence-corrected chi connectivity index (χ0v) is 16.9. The molecule has 0 saturated carbocycles. The summed E-state index contributed by atoms with van der Waals surface area (Å²) in [4.78, 5) is 6.07. The van der Waals surface area contributed by atoms with Gasteiger partial charge in [-0.2, -0.15) is 13.2 Å². The Kier molecular flexibility index (Phi) is 6.35. The number of hydrogen-bond donors (Lipinski definition) is 2. The fourth-order valence-corrected chi connectivity index (χ4v) is 4.48. The molecule has 1 aromatic carbocycles. The van der Waals surface area contributed by atoms with Gasteiger partial charge >= 0.3 is 6.18 Å². The fraction of sp³-hybridized carbons (Fsp3) is 0.526. The van der Waals surface area contributed by atoms with Crippen molar-refractivity contribution in [1.29, 1.82) is 0 Å². The van der Waals surface area contributed by atoms with Crippen molar-refractivity contribution in [3.05, 3.63) is 36.0 Å². The third-order valence-electron chi connectivity index (χ3n) is 5.09. The number of primary sulfonamides is 1. The Morgan fingerprint density at radius 2 is 2.03 bits per heavy atom. The van der Waals surface area contributed by atoms with Crippen molar-refractivity contribution in [1.82, 2.24) is 10.3 Å². The van der Waals surface area contributed by atoms with Crippen LogP contribution in [0.5, 0.6) is 0 Å². The largest absolute Gasteiger partial charge is 0.418 e. The zero-order valence-electron chi connectivity index (χ0n) is 16.1. The van der Waals surface area contributed by atoms with Crippen LogP contribution in [-0.4, -0.2) is 44.8 Å². The first-order valence-electron chi connectivity index (χ1n) is 9.48. The molecule has 3 N–H and O–H groups in total. The molecule has 1 fully saturated rings. The maximum Gasteiger partial charge on any atom is 0.418 e.